The van der Waals surface area contributed by atoms with E-state index in [0.717, 1.165) is 42.5 Å². The van der Waals surface area contributed by atoms with Crippen LogP contribution in [0.3, 0.4) is 0 Å². The molecule has 1 fully saturated rings. The Labute approximate surface area is 262 Å². The van der Waals surface area contributed by atoms with Crippen molar-refractivity contribution in [3.63, 3.8) is 0 Å². The van der Waals surface area contributed by atoms with Crippen LogP contribution in [0.4, 0.5) is 18.9 Å². The summed E-state index contributed by atoms with van der Waals surface area (Å²) in [5.74, 6) is 0. The third kappa shape index (κ3) is 7.25. The van der Waals surface area contributed by atoms with E-state index in [4.69, 9.17) is 0 Å². The van der Waals surface area contributed by atoms with E-state index in [2.05, 4.69) is 20.0 Å². The Morgan fingerprint density at radius 3 is 2.33 bits per heavy atom. The second-order valence-electron chi connectivity index (χ2n) is 10.9. The van der Waals surface area contributed by atoms with Gasteiger partial charge >= 0.3 is 6.18 Å². The number of nitrogens with zero attached hydrogens (tertiary/aromatic N) is 2. The maximum Gasteiger partial charge on any atom is 0.416 e. The zero-order chi connectivity index (χ0) is 31.6. The number of thiazole rings is 1. The molecule has 12 heteroatoms. The minimum Gasteiger partial charge on any atom is -0.387 e. The molecule has 7 nitrogen and oxygen atoms in total. The number of alkyl halides is 3. The van der Waals surface area contributed by atoms with Crippen LogP contribution in [0.5, 0.6) is 0 Å². The van der Waals surface area contributed by atoms with Gasteiger partial charge in [-0.15, -0.1) is 11.3 Å². The molecule has 0 saturated carbocycles. The van der Waals surface area contributed by atoms with E-state index in [1.165, 1.54) is 35.6 Å². The van der Waals surface area contributed by atoms with Gasteiger partial charge in [-0.05, 0) is 67.3 Å². The van der Waals surface area contributed by atoms with Gasteiger partial charge in [0.1, 0.15) is 5.01 Å². The lowest BCUT2D eigenvalue weighted by Gasteiger charge is -2.20. The molecule has 0 aliphatic carbocycles. The highest BCUT2D eigenvalue weighted by Gasteiger charge is 2.31. The number of aliphatic hydroxyl groups is 1. The Morgan fingerprint density at radius 2 is 1.67 bits per heavy atom. The van der Waals surface area contributed by atoms with Gasteiger partial charge in [-0.2, -0.15) is 13.2 Å². The van der Waals surface area contributed by atoms with Crippen LogP contribution >= 0.6 is 11.3 Å². The minimum atomic E-state index is -4.41. The molecule has 0 spiro atoms. The van der Waals surface area contributed by atoms with Gasteiger partial charge in [-0.25, -0.2) is 13.4 Å². The Bertz CT molecular complexity index is 1850. The zero-order valence-electron chi connectivity index (χ0n) is 23.8. The number of aromatic nitrogens is 2. The Hall–Kier alpha value is -4.10. The summed E-state index contributed by atoms with van der Waals surface area (Å²) in [5.41, 5.74) is 3.34. The van der Waals surface area contributed by atoms with Gasteiger partial charge < -0.3 is 10.4 Å². The van der Waals surface area contributed by atoms with Crippen LogP contribution in [0.15, 0.2) is 108 Å². The SMILES string of the molecule is O=S(=O)(Nc1ccc(C[C@@H]2CC[C@H]([C@H](O)c3cccnc3)N2)cc1)c1ccc(-c2nc(-c3ccc(C(F)(F)F)cc3)cs2)cc1. The fraction of sp³-hybridized carbons (Fsp3) is 0.212. The number of pyridine rings is 1. The molecule has 232 valence electrons. The van der Waals surface area contributed by atoms with Gasteiger partial charge in [0.2, 0.25) is 0 Å². The third-order valence-corrected chi connectivity index (χ3v) is 10.1. The van der Waals surface area contributed by atoms with Crippen LogP contribution < -0.4 is 10.0 Å². The van der Waals surface area contributed by atoms with E-state index in [-0.39, 0.29) is 17.0 Å². The van der Waals surface area contributed by atoms with Crippen molar-refractivity contribution in [2.24, 2.45) is 0 Å². The molecule has 1 aliphatic rings. The average Bonchev–Trinajstić information content (AvgIpc) is 3.72. The molecule has 0 amide bonds. The van der Waals surface area contributed by atoms with Crippen LogP contribution in [-0.4, -0.2) is 35.6 Å². The van der Waals surface area contributed by atoms with E-state index < -0.39 is 27.9 Å². The summed E-state index contributed by atoms with van der Waals surface area (Å²) >= 11 is 1.32. The average molecular weight is 651 g/mol. The lowest BCUT2D eigenvalue weighted by atomic mass is 10.0. The summed E-state index contributed by atoms with van der Waals surface area (Å²) in [6, 6.07) is 22.2. The molecular weight excluding hydrogens is 622 g/mol. The molecule has 1 aliphatic heterocycles. The van der Waals surface area contributed by atoms with Gasteiger partial charge in [-0.1, -0.05) is 42.5 Å². The van der Waals surface area contributed by atoms with Crippen molar-refractivity contribution < 1.29 is 26.7 Å². The fourth-order valence-corrected chi connectivity index (χ4v) is 7.29. The summed E-state index contributed by atoms with van der Waals surface area (Å²) in [6.45, 7) is 0. The van der Waals surface area contributed by atoms with E-state index in [1.807, 2.05) is 24.3 Å². The molecule has 0 unspecified atom stereocenters. The van der Waals surface area contributed by atoms with Crippen LogP contribution in [0.1, 0.15) is 35.6 Å². The quantitative estimate of drug-likeness (QED) is 0.157. The van der Waals surface area contributed by atoms with Crippen molar-refractivity contribution in [2.45, 2.75) is 48.5 Å². The smallest absolute Gasteiger partial charge is 0.387 e. The third-order valence-electron chi connectivity index (χ3n) is 7.79. The van der Waals surface area contributed by atoms with Crippen molar-refractivity contribution in [3.05, 3.63) is 119 Å². The Balaban J connectivity index is 1.05. The fourth-order valence-electron chi connectivity index (χ4n) is 5.40. The lowest BCUT2D eigenvalue weighted by molar-refractivity contribution is -0.137. The molecule has 0 bridgehead atoms. The van der Waals surface area contributed by atoms with E-state index >= 15 is 0 Å². The summed E-state index contributed by atoms with van der Waals surface area (Å²) in [4.78, 5) is 8.70. The monoisotopic (exact) mass is 650 g/mol. The summed E-state index contributed by atoms with van der Waals surface area (Å²) in [5, 5.41) is 16.6. The van der Waals surface area contributed by atoms with Crippen LogP contribution in [-0.2, 0) is 22.6 Å². The van der Waals surface area contributed by atoms with Crippen molar-refractivity contribution in [3.8, 4) is 21.8 Å². The van der Waals surface area contributed by atoms with E-state index in [9.17, 15) is 26.7 Å². The molecular formula is C33H29F3N4O3S2. The molecule has 45 heavy (non-hydrogen) atoms. The molecule has 3 heterocycles. The number of anilines is 1. The van der Waals surface area contributed by atoms with Gasteiger partial charge in [0.15, 0.2) is 0 Å². The predicted molar refractivity (Wildman–Crippen MR) is 168 cm³/mol. The van der Waals surface area contributed by atoms with Crippen molar-refractivity contribution >= 4 is 27.0 Å². The largest absolute Gasteiger partial charge is 0.416 e. The standard InChI is InChI=1S/C33H29F3N4O3S2/c34-33(35,36)25-9-5-22(6-10-25)30-20-44-32(39-30)23-7-14-28(15-8-23)45(42,43)40-26-11-3-21(4-12-26)18-27-13-16-29(38-27)31(41)24-2-1-17-37-19-24/h1-12,14-15,17,19-20,27,29,31,38,40-41H,13,16,18H2/t27-,29+,31+/m0/s1. The van der Waals surface area contributed by atoms with Gasteiger partial charge in [-0.3, -0.25) is 9.71 Å². The number of halogens is 3. The highest BCUT2D eigenvalue weighted by molar-refractivity contribution is 7.92. The summed E-state index contributed by atoms with van der Waals surface area (Å²) in [7, 11) is -3.85. The number of benzene rings is 3. The van der Waals surface area contributed by atoms with Crippen LogP contribution in [0.2, 0.25) is 0 Å². The van der Waals surface area contributed by atoms with Gasteiger partial charge in [0.25, 0.3) is 10.0 Å². The number of nitrogens with one attached hydrogen (secondary N) is 2. The van der Waals surface area contributed by atoms with Crippen molar-refractivity contribution in [1.82, 2.24) is 15.3 Å². The first kappa shape index (κ1) is 30.9. The molecule has 0 radical (unpaired) electrons. The van der Waals surface area contributed by atoms with Crippen molar-refractivity contribution in [1.29, 1.82) is 0 Å². The number of rotatable bonds is 9. The maximum absolute atomic E-state index is 13.1. The lowest BCUT2D eigenvalue weighted by Crippen LogP contribution is -2.35. The van der Waals surface area contributed by atoms with Gasteiger partial charge in [0.05, 0.1) is 22.3 Å². The van der Waals surface area contributed by atoms with E-state index in [1.54, 1.807) is 42.0 Å². The highest BCUT2D eigenvalue weighted by Crippen LogP contribution is 2.33. The first-order chi connectivity index (χ1) is 21.5. The molecule has 1 saturated heterocycles. The molecule has 3 N–H and O–H groups in total. The Kier molecular flexibility index (Phi) is 8.74. The van der Waals surface area contributed by atoms with Crippen LogP contribution in [0, 0.1) is 0 Å². The normalized spacial score (nSPS) is 17.7. The van der Waals surface area contributed by atoms with E-state index in [0.29, 0.717) is 27.5 Å². The highest BCUT2D eigenvalue weighted by atomic mass is 32.2. The first-order valence-electron chi connectivity index (χ1n) is 14.2. The molecule has 2 aromatic heterocycles. The molecule has 5 aromatic rings. The minimum absolute atomic E-state index is 0.0478. The van der Waals surface area contributed by atoms with Gasteiger partial charge in [0, 0.05) is 52.2 Å². The molecule has 3 atom stereocenters. The Morgan fingerprint density at radius 1 is 0.956 bits per heavy atom. The molecule has 3 aromatic carbocycles. The first-order valence-corrected chi connectivity index (χ1v) is 16.6. The number of hydrogen-bond donors (Lipinski definition) is 3. The van der Waals surface area contributed by atoms with Crippen molar-refractivity contribution in [2.75, 3.05) is 4.72 Å². The molecule has 6 rings (SSSR count). The zero-order valence-corrected chi connectivity index (χ0v) is 25.4. The van der Waals surface area contributed by atoms with Crippen LogP contribution in [0.25, 0.3) is 21.8 Å². The predicted octanol–water partition coefficient (Wildman–Crippen LogP) is 7.09. The second kappa shape index (κ2) is 12.7. The summed E-state index contributed by atoms with van der Waals surface area (Å²) < 4.78 is 67.4. The number of sulfonamides is 1. The summed E-state index contributed by atoms with van der Waals surface area (Å²) in [6.07, 6.45) is 0.849. The second-order valence-corrected chi connectivity index (χ2v) is 13.5. The topological polar surface area (TPSA) is 104 Å². The number of hydrogen-bond acceptors (Lipinski definition) is 7. The number of aliphatic hydroxyl groups excluding tert-OH is 1. The maximum atomic E-state index is 13.1.